The largest absolute Gasteiger partial charge is 0.462 e. The van der Waals surface area contributed by atoms with Gasteiger partial charge in [0.15, 0.2) is 6.10 Å². The monoisotopic (exact) mass is 1130 g/mol. The summed E-state index contributed by atoms with van der Waals surface area (Å²) in [6.45, 7) is 6.49. The summed E-state index contributed by atoms with van der Waals surface area (Å²) in [6, 6.07) is 0. The minimum atomic E-state index is -0.803. The highest BCUT2D eigenvalue weighted by Gasteiger charge is 2.19. The number of hydrogen-bond acceptors (Lipinski definition) is 6. The predicted octanol–water partition coefficient (Wildman–Crippen LogP) is 24.2. The SMILES string of the molecule is CC/C=C\C/C=C\C/C=C\C/C=C\C/C=C\C/C=C\CCCCC(=O)OC(COC(=O)CCCCCCC/C=C\CCCC)COC(=O)CCCCCCCCCCCCCCCCCCCCCCCCCCCCCCCCC. The molecule has 0 aromatic carbocycles. The van der Waals surface area contributed by atoms with E-state index < -0.39 is 6.10 Å². The topological polar surface area (TPSA) is 78.9 Å². The summed E-state index contributed by atoms with van der Waals surface area (Å²) in [5, 5.41) is 0. The molecule has 6 heteroatoms. The zero-order valence-corrected chi connectivity index (χ0v) is 53.8. The molecule has 0 N–H and O–H groups in total. The third-order valence-corrected chi connectivity index (χ3v) is 15.4. The molecule has 0 bridgehead atoms. The van der Waals surface area contributed by atoms with Crippen LogP contribution in [-0.2, 0) is 28.6 Å². The van der Waals surface area contributed by atoms with Crippen molar-refractivity contribution < 1.29 is 28.6 Å². The summed E-state index contributed by atoms with van der Waals surface area (Å²) in [6.07, 6.45) is 92.1. The quantitative estimate of drug-likeness (QED) is 0.0261. The van der Waals surface area contributed by atoms with E-state index in [0.717, 1.165) is 103 Å². The van der Waals surface area contributed by atoms with E-state index in [1.54, 1.807) is 0 Å². The molecular formula is C75H132O6. The Balaban J connectivity index is 4.20. The fraction of sp³-hybridized carbons (Fsp3) is 0.773. The zero-order chi connectivity index (χ0) is 58.5. The van der Waals surface area contributed by atoms with E-state index in [2.05, 4.69) is 106 Å². The lowest BCUT2D eigenvalue weighted by atomic mass is 10.0. The first-order valence-corrected chi connectivity index (χ1v) is 35.1. The lowest BCUT2D eigenvalue weighted by Crippen LogP contribution is -2.30. The Labute approximate surface area is 503 Å². The van der Waals surface area contributed by atoms with Crippen LogP contribution in [-0.4, -0.2) is 37.2 Å². The maximum atomic E-state index is 12.9. The van der Waals surface area contributed by atoms with Gasteiger partial charge in [-0.25, -0.2) is 0 Å². The van der Waals surface area contributed by atoms with Crippen LogP contribution >= 0.6 is 0 Å². The molecule has 0 aromatic rings. The molecule has 0 aliphatic heterocycles. The molecule has 6 nitrogen and oxygen atoms in total. The fourth-order valence-electron chi connectivity index (χ4n) is 10.1. The van der Waals surface area contributed by atoms with Crippen molar-refractivity contribution in [3.05, 3.63) is 85.1 Å². The number of hydrogen-bond donors (Lipinski definition) is 0. The molecule has 81 heavy (non-hydrogen) atoms. The third kappa shape index (κ3) is 67.3. The average Bonchev–Trinajstić information content (AvgIpc) is 3.47. The van der Waals surface area contributed by atoms with Crippen LogP contribution in [0.3, 0.4) is 0 Å². The Kier molecular flexibility index (Phi) is 66.2. The Morgan fingerprint density at radius 1 is 0.259 bits per heavy atom. The third-order valence-electron chi connectivity index (χ3n) is 15.4. The van der Waals surface area contributed by atoms with Gasteiger partial charge in [-0.3, -0.25) is 14.4 Å². The highest BCUT2D eigenvalue weighted by molar-refractivity contribution is 5.71. The normalized spacial score (nSPS) is 12.6. The zero-order valence-electron chi connectivity index (χ0n) is 53.8. The molecule has 468 valence electrons. The minimum Gasteiger partial charge on any atom is -0.462 e. The summed E-state index contributed by atoms with van der Waals surface area (Å²) >= 11 is 0. The van der Waals surface area contributed by atoms with Gasteiger partial charge in [-0.05, 0) is 89.9 Å². The van der Waals surface area contributed by atoms with Crippen LogP contribution in [0, 0.1) is 0 Å². The predicted molar refractivity (Wildman–Crippen MR) is 353 cm³/mol. The van der Waals surface area contributed by atoms with Gasteiger partial charge in [0, 0.05) is 19.3 Å². The van der Waals surface area contributed by atoms with Gasteiger partial charge in [-0.1, -0.05) is 331 Å². The van der Waals surface area contributed by atoms with Gasteiger partial charge in [0.25, 0.3) is 0 Å². The number of ether oxygens (including phenoxy) is 3. The van der Waals surface area contributed by atoms with Crippen LogP contribution in [0.2, 0.25) is 0 Å². The fourth-order valence-corrected chi connectivity index (χ4v) is 10.1. The van der Waals surface area contributed by atoms with Gasteiger partial charge in [0.05, 0.1) is 0 Å². The lowest BCUT2D eigenvalue weighted by Gasteiger charge is -2.18. The first-order chi connectivity index (χ1) is 40.0. The van der Waals surface area contributed by atoms with Crippen molar-refractivity contribution in [3.8, 4) is 0 Å². The van der Waals surface area contributed by atoms with E-state index in [9.17, 15) is 14.4 Å². The van der Waals surface area contributed by atoms with Crippen molar-refractivity contribution in [3.63, 3.8) is 0 Å². The number of carbonyl (C=O) groups is 3. The number of carbonyl (C=O) groups excluding carboxylic acids is 3. The molecule has 0 fully saturated rings. The number of esters is 3. The second-order valence-electron chi connectivity index (χ2n) is 23.4. The van der Waals surface area contributed by atoms with Crippen LogP contribution in [0.1, 0.15) is 355 Å². The Hall–Kier alpha value is -3.41. The molecule has 0 amide bonds. The molecule has 1 unspecified atom stereocenters. The maximum Gasteiger partial charge on any atom is 0.306 e. The highest BCUT2D eigenvalue weighted by atomic mass is 16.6. The summed E-state index contributed by atoms with van der Waals surface area (Å²) < 4.78 is 16.9. The van der Waals surface area contributed by atoms with E-state index in [-0.39, 0.29) is 37.5 Å². The van der Waals surface area contributed by atoms with Crippen molar-refractivity contribution in [1.82, 2.24) is 0 Å². The Morgan fingerprint density at radius 3 is 0.827 bits per heavy atom. The molecule has 0 aliphatic rings. The van der Waals surface area contributed by atoms with Crippen molar-refractivity contribution in [2.75, 3.05) is 13.2 Å². The molecule has 0 aliphatic carbocycles. The van der Waals surface area contributed by atoms with Gasteiger partial charge in [0.2, 0.25) is 0 Å². The van der Waals surface area contributed by atoms with Crippen LogP contribution < -0.4 is 0 Å². The molecular weight excluding hydrogens is 997 g/mol. The van der Waals surface area contributed by atoms with E-state index in [0.29, 0.717) is 19.3 Å². The summed E-state index contributed by atoms with van der Waals surface area (Å²) in [5.74, 6) is -0.934. The summed E-state index contributed by atoms with van der Waals surface area (Å²) in [7, 11) is 0. The minimum absolute atomic E-state index is 0.0944. The second-order valence-corrected chi connectivity index (χ2v) is 23.4. The van der Waals surface area contributed by atoms with Crippen molar-refractivity contribution in [2.45, 2.75) is 361 Å². The van der Waals surface area contributed by atoms with Gasteiger partial charge < -0.3 is 14.2 Å². The molecule has 0 rings (SSSR count). The molecule has 1 atom stereocenters. The summed E-state index contributed by atoms with van der Waals surface area (Å²) in [4.78, 5) is 38.3. The van der Waals surface area contributed by atoms with Gasteiger partial charge in [-0.2, -0.15) is 0 Å². The standard InChI is InChI=1S/C75H132O6/c1-4-7-10-13-16-19-22-24-26-28-30-32-33-34-35-36-37-38-39-40-41-43-44-46-48-50-53-56-59-62-65-68-74(77)80-71-72(70-79-73(76)67-64-61-58-55-52-21-18-15-12-9-6-3)81-75(78)69-66-63-60-57-54-51-49-47-45-42-31-29-27-25-23-20-17-14-11-8-5-2/h8,11,15,17-18,20,25,27,31,42,47,49,54,57,72H,4-7,9-10,12-14,16,19,21-24,26,28-30,32-41,43-46,48,50-53,55-56,58-71H2,1-3H3/b11-8-,18-15-,20-17-,27-25-,42-31-,49-47-,57-54-. The van der Waals surface area contributed by atoms with Gasteiger partial charge in [-0.15, -0.1) is 0 Å². The molecule has 0 saturated carbocycles. The maximum absolute atomic E-state index is 12.9. The average molecular weight is 1130 g/mol. The first kappa shape index (κ1) is 77.6. The number of rotatable bonds is 64. The van der Waals surface area contributed by atoms with E-state index >= 15 is 0 Å². The van der Waals surface area contributed by atoms with Crippen molar-refractivity contribution in [1.29, 1.82) is 0 Å². The highest BCUT2D eigenvalue weighted by Crippen LogP contribution is 2.18. The first-order valence-electron chi connectivity index (χ1n) is 35.1. The van der Waals surface area contributed by atoms with Crippen LogP contribution in [0.4, 0.5) is 0 Å². The Morgan fingerprint density at radius 2 is 0.494 bits per heavy atom. The lowest BCUT2D eigenvalue weighted by molar-refractivity contribution is -0.167. The van der Waals surface area contributed by atoms with Crippen LogP contribution in [0.25, 0.3) is 0 Å². The molecule has 0 radical (unpaired) electrons. The molecule has 0 spiro atoms. The van der Waals surface area contributed by atoms with Crippen LogP contribution in [0.15, 0.2) is 85.1 Å². The molecule has 0 heterocycles. The van der Waals surface area contributed by atoms with Crippen LogP contribution in [0.5, 0.6) is 0 Å². The Bertz CT molecular complexity index is 1530. The number of unbranched alkanes of at least 4 members (excludes halogenated alkanes) is 39. The van der Waals surface area contributed by atoms with E-state index in [1.807, 2.05) is 0 Å². The van der Waals surface area contributed by atoms with Crippen molar-refractivity contribution >= 4 is 17.9 Å². The smallest absolute Gasteiger partial charge is 0.306 e. The number of allylic oxidation sites excluding steroid dienone is 14. The molecule has 0 aromatic heterocycles. The second kappa shape index (κ2) is 69.1. The van der Waals surface area contributed by atoms with Crippen molar-refractivity contribution in [2.24, 2.45) is 0 Å². The molecule has 0 saturated heterocycles. The van der Waals surface area contributed by atoms with E-state index in [1.165, 1.54) is 205 Å². The van der Waals surface area contributed by atoms with Gasteiger partial charge in [0.1, 0.15) is 13.2 Å². The van der Waals surface area contributed by atoms with Gasteiger partial charge >= 0.3 is 17.9 Å². The van der Waals surface area contributed by atoms with E-state index in [4.69, 9.17) is 14.2 Å². The summed E-state index contributed by atoms with van der Waals surface area (Å²) in [5.41, 5.74) is 0.